The van der Waals surface area contributed by atoms with Gasteiger partial charge in [0.1, 0.15) is 5.76 Å². The van der Waals surface area contributed by atoms with Crippen molar-refractivity contribution in [2.24, 2.45) is 0 Å². The van der Waals surface area contributed by atoms with Crippen LogP contribution in [0.25, 0.3) is 0 Å². The number of hydrogen-bond donors (Lipinski definition) is 2. The van der Waals surface area contributed by atoms with Crippen LogP contribution in [0.15, 0.2) is 35.0 Å². The molecule has 0 fully saturated rings. The fraction of sp³-hybridized carbons (Fsp3) is 0.143. The highest BCUT2D eigenvalue weighted by molar-refractivity contribution is 5.62. The summed E-state index contributed by atoms with van der Waals surface area (Å²) in [5.74, 6) is 3.46. The van der Waals surface area contributed by atoms with Gasteiger partial charge in [0, 0.05) is 17.8 Å². The van der Waals surface area contributed by atoms with E-state index < -0.39 is 0 Å². The Balaban J connectivity index is 1.52. The first-order chi connectivity index (χ1) is 11.3. The van der Waals surface area contributed by atoms with Gasteiger partial charge in [0.2, 0.25) is 12.7 Å². The van der Waals surface area contributed by atoms with Crippen molar-refractivity contribution in [1.29, 1.82) is 0 Å². The maximum absolute atomic E-state index is 5.34. The fourth-order valence-electron chi connectivity index (χ4n) is 2.08. The molecule has 4 rings (SSSR count). The molecular weight excluding hydrogens is 300 g/mol. The van der Waals surface area contributed by atoms with E-state index in [4.69, 9.17) is 14.0 Å². The van der Waals surface area contributed by atoms with Crippen molar-refractivity contribution in [3.05, 3.63) is 36.2 Å². The summed E-state index contributed by atoms with van der Waals surface area (Å²) in [6, 6.07) is 7.26. The zero-order valence-electron chi connectivity index (χ0n) is 12.1. The summed E-state index contributed by atoms with van der Waals surface area (Å²) in [6.07, 6.45) is 1.52. The largest absolute Gasteiger partial charge is 0.454 e. The van der Waals surface area contributed by atoms with Crippen molar-refractivity contribution in [2.75, 3.05) is 17.4 Å². The van der Waals surface area contributed by atoms with E-state index in [1.54, 1.807) is 13.0 Å². The van der Waals surface area contributed by atoms with Crippen LogP contribution >= 0.6 is 0 Å². The molecule has 1 aliphatic rings. The van der Waals surface area contributed by atoms with Gasteiger partial charge in [0.05, 0.1) is 6.20 Å². The summed E-state index contributed by atoms with van der Waals surface area (Å²) < 4.78 is 15.6. The van der Waals surface area contributed by atoms with Crippen molar-refractivity contribution in [1.82, 2.24) is 20.3 Å². The van der Waals surface area contributed by atoms with Crippen LogP contribution in [0, 0.1) is 6.92 Å². The van der Waals surface area contributed by atoms with Gasteiger partial charge in [-0.2, -0.15) is 10.1 Å². The number of rotatable bonds is 4. The van der Waals surface area contributed by atoms with Gasteiger partial charge in [-0.3, -0.25) is 0 Å². The average molecular weight is 312 g/mol. The number of aryl methyl sites for hydroxylation is 1. The highest BCUT2D eigenvalue weighted by atomic mass is 16.7. The van der Waals surface area contributed by atoms with E-state index in [1.807, 2.05) is 18.2 Å². The van der Waals surface area contributed by atoms with Crippen LogP contribution in [0.5, 0.6) is 11.5 Å². The topological polar surface area (TPSA) is 107 Å². The van der Waals surface area contributed by atoms with E-state index >= 15 is 0 Å². The molecule has 0 saturated heterocycles. The molecule has 0 unspecified atom stereocenters. The van der Waals surface area contributed by atoms with Crippen molar-refractivity contribution >= 4 is 23.3 Å². The minimum atomic E-state index is 0.235. The number of nitrogens with zero attached hydrogens (tertiary/aromatic N) is 4. The SMILES string of the molecule is Cc1cc(Nc2nncc(Nc3ccc4c(c3)OCO4)n2)no1. The summed E-state index contributed by atoms with van der Waals surface area (Å²) in [6.45, 7) is 2.04. The second kappa shape index (κ2) is 5.44. The van der Waals surface area contributed by atoms with Gasteiger partial charge < -0.3 is 24.6 Å². The Bertz CT molecular complexity index is 850. The predicted octanol–water partition coefficient (Wildman–Crippen LogP) is 2.38. The lowest BCUT2D eigenvalue weighted by Crippen LogP contribution is -2.02. The van der Waals surface area contributed by atoms with Crippen LogP contribution in [-0.2, 0) is 0 Å². The lowest BCUT2D eigenvalue weighted by molar-refractivity contribution is 0.174. The molecule has 0 radical (unpaired) electrons. The zero-order chi connectivity index (χ0) is 15.6. The quantitative estimate of drug-likeness (QED) is 0.750. The Morgan fingerprint density at radius 3 is 2.83 bits per heavy atom. The van der Waals surface area contributed by atoms with Gasteiger partial charge in [-0.25, -0.2) is 0 Å². The lowest BCUT2D eigenvalue weighted by Gasteiger charge is -2.07. The third-order valence-electron chi connectivity index (χ3n) is 3.07. The number of benzene rings is 1. The molecular formula is C14H12N6O3. The molecule has 1 aromatic carbocycles. The first kappa shape index (κ1) is 13.3. The van der Waals surface area contributed by atoms with Gasteiger partial charge in [0.25, 0.3) is 0 Å². The number of ether oxygens (including phenoxy) is 2. The van der Waals surface area contributed by atoms with Gasteiger partial charge >= 0.3 is 0 Å². The van der Waals surface area contributed by atoms with Crippen LogP contribution in [0.1, 0.15) is 5.76 Å². The van der Waals surface area contributed by atoms with E-state index in [9.17, 15) is 0 Å². The molecule has 9 nitrogen and oxygen atoms in total. The second-order valence-electron chi connectivity index (χ2n) is 4.81. The van der Waals surface area contributed by atoms with Crippen molar-refractivity contribution < 1.29 is 14.0 Å². The summed E-state index contributed by atoms with van der Waals surface area (Å²) in [4.78, 5) is 4.32. The summed E-state index contributed by atoms with van der Waals surface area (Å²) >= 11 is 0. The first-order valence-corrected chi connectivity index (χ1v) is 6.83. The van der Waals surface area contributed by atoms with E-state index in [-0.39, 0.29) is 6.79 Å². The van der Waals surface area contributed by atoms with Crippen molar-refractivity contribution in [3.8, 4) is 11.5 Å². The summed E-state index contributed by atoms with van der Waals surface area (Å²) in [7, 11) is 0. The number of fused-ring (bicyclic) bond motifs is 1. The molecule has 0 atom stereocenters. The van der Waals surface area contributed by atoms with Gasteiger partial charge in [-0.05, 0) is 19.1 Å². The lowest BCUT2D eigenvalue weighted by atomic mass is 10.3. The highest BCUT2D eigenvalue weighted by Crippen LogP contribution is 2.34. The number of anilines is 4. The third kappa shape index (κ3) is 2.84. The molecule has 0 bridgehead atoms. The second-order valence-corrected chi connectivity index (χ2v) is 4.81. The molecule has 3 heterocycles. The third-order valence-corrected chi connectivity index (χ3v) is 3.07. The fourth-order valence-corrected chi connectivity index (χ4v) is 2.08. The van der Waals surface area contributed by atoms with E-state index in [0.717, 1.165) is 11.4 Å². The zero-order valence-corrected chi connectivity index (χ0v) is 12.1. The number of nitrogens with one attached hydrogen (secondary N) is 2. The standard InChI is InChI=1S/C14H12N6O3/c1-8-4-12(20-23-8)17-14-18-13(6-15-19-14)16-9-2-3-10-11(5-9)22-7-21-10/h2-6H,7H2,1H3,(H2,16,17,18,19,20). The van der Waals surface area contributed by atoms with E-state index in [2.05, 4.69) is 31.0 Å². The molecule has 23 heavy (non-hydrogen) atoms. The minimum absolute atomic E-state index is 0.235. The van der Waals surface area contributed by atoms with Crippen LogP contribution in [0.3, 0.4) is 0 Å². The van der Waals surface area contributed by atoms with E-state index in [0.29, 0.717) is 29.1 Å². The Labute approximate surface area is 130 Å². The Hall–Kier alpha value is -3.36. The molecule has 0 spiro atoms. The predicted molar refractivity (Wildman–Crippen MR) is 80.2 cm³/mol. The maximum Gasteiger partial charge on any atom is 0.250 e. The number of aromatic nitrogens is 4. The Morgan fingerprint density at radius 2 is 1.96 bits per heavy atom. The van der Waals surface area contributed by atoms with Crippen LogP contribution in [-0.4, -0.2) is 27.1 Å². The molecule has 116 valence electrons. The maximum atomic E-state index is 5.34. The molecule has 2 N–H and O–H groups in total. The molecule has 2 aromatic heterocycles. The van der Waals surface area contributed by atoms with Crippen LogP contribution in [0.4, 0.5) is 23.3 Å². The normalized spacial score (nSPS) is 12.2. The monoisotopic (exact) mass is 312 g/mol. The van der Waals surface area contributed by atoms with E-state index in [1.165, 1.54) is 6.20 Å². The van der Waals surface area contributed by atoms with Crippen molar-refractivity contribution in [3.63, 3.8) is 0 Å². The summed E-state index contributed by atoms with van der Waals surface area (Å²) in [5, 5.41) is 17.7. The Morgan fingerprint density at radius 1 is 1.04 bits per heavy atom. The molecule has 0 aliphatic carbocycles. The van der Waals surface area contributed by atoms with Crippen LogP contribution in [0.2, 0.25) is 0 Å². The highest BCUT2D eigenvalue weighted by Gasteiger charge is 2.13. The molecule has 3 aromatic rings. The van der Waals surface area contributed by atoms with Gasteiger partial charge in [-0.1, -0.05) is 5.16 Å². The van der Waals surface area contributed by atoms with Crippen LogP contribution < -0.4 is 20.1 Å². The van der Waals surface area contributed by atoms with Gasteiger partial charge in [-0.15, -0.1) is 5.10 Å². The molecule has 9 heteroatoms. The Kier molecular flexibility index (Phi) is 3.15. The first-order valence-electron chi connectivity index (χ1n) is 6.83. The summed E-state index contributed by atoms with van der Waals surface area (Å²) in [5.41, 5.74) is 0.804. The molecule has 0 saturated carbocycles. The average Bonchev–Trinajstić information content (AvgIpc) is 3.16. The number of hydrogen-bond acceptors (Lipinski definition) is 9. The molecule has 0 amide bonds. The van der Waals surface area contributed by atoms with Crippen molar-refractivity contribution in [2.45, 2.75) is 6.92 Å². The smallest absolute Gasteiger partial charge is 0.250 e. The van der Waals surface area contributed by atoms with Gasteiger partial charge in [0.15, 0.2) is 23.1 Å². The minimum Gasteiger partial charge on any atom is -0.454 e. The molecule has 1 aliphatic heterocycles.